The van der Waals surface area contributed by atoms with Gasteiger partial charge < -0.3 is 0 Å². The van der Waals surface area contributed by atoms with E-state index in [1.54, 1.807) is 0 Å². The summed E-state index contributed by atoms with van der Waals surface area (Å²) in [6.07, 6.45) is 0.873. The van der Waals surface area contributed by atoms with Crippen LogP contribution in [0.4, 0.5) is 0 Å². The van der Waals surface area contributed by atoms with Crippen LogP contribution >= 0.6 is 0 Å². The summed E-state index contributed by atoms with van der Waals surface area (Å²) in [7, 11) is 0. The first-order valence-electron chi connectivity index (χ1n) is 9.88. The Morgan fingerprint density at radius 1 is 0.448 bits per heavy atom. The molecule has 0 atom stereocenters. The number of hydrogen-bond donors (Lipinski definition) is 0. The second-order valence-corrected chi connectivity index (χ2v) is 7.37. The molecule has 1 aliphatic rings. The van der Waals surface area contributed by atoms with E-state index < -0.39 is 0 Å². The van der Waals surface area contributed by atoms with Crippen LogP contribution in [-0.2, 0) is 6.42 Å². The van der Waals surface area contributed by atoms with Crippen LogP contribution in [0, 0.1) is 0 Å². The number of benzene rings is 5. The molecule has 0 saturated heterocycles. The van der Waals surface area contributed by atoms with Gasteiger partial charge in [0.2, 0.25) is 0 Å². The minimum atomic E-state index is 0.160. The van der Waals surface area contributed by atoms with Crippen LogP contribution in [0.5, 0.6) is 0 Å². The van der Waals surface area contributed by atoms with Crippen molar-refractivity contribution in [3.05, 3.63) is 131 Å². The predicted molar refractivity (Wildman–Crippen MR) is 121 cm³/mol. The first-order valence-corrected chi connectivity index (χ1v) is 9.88. The third kappa shape index (κ3) is 3.32. The van der Waals surface area contributed by atoms with Gasteiger partial charge in [0.15, 0.2) is 5.78 Å². The average Bonchev–Trinajstić information content (AvgIpc) is 2.78. The van der Waals surface area contributed by atoms with Crippen molar-refractivity contribution in [1.29, 1.82) is 0 Å². The molecule has 5 aromatic carbocycles. The Kier molecular flexibility index (Phi) is 4.42. The van der Waals surface area contributed by atoms with Crippen LogP contribution in [0.3, 0.4) is 0 Å². The zero-order chi connectivity index (χ0) is 19.6. The zero-order valence-corrected chi connectivity index (χ0v) is 16.0. The summed E-state index contributed by atoms with van der Waals surface area (Å²) >= 11 is 0. The molecule has 5 aromatic rings. The Morgan fingerprint density at radius 2 is 0.793 bits per heavy atom. The Hall–Kier alpha value is -3.71. The van der Waals surface area contributed by atoms with Crippen molar-refractivity contribution in [3.63, 3.8) is 0 Å². The number of hydrogen-bond acceptors (Lipinski definition) is 1. The van der Waals surface area contributed by atoms with Crippen molar-refractivity contribution in [2.75, 3.05) is 0 Å². The van der Waals surface area contributed by atoms with Crippen LogP contribution in [0.25, 0.3) is 21.5 Å². The third-order valence-electron chi connectivity index (χ3n) is 5.52. The maximum absolute atomic E-state index is 12.1. The molecule has 29 heavy (non-hydrogen) atoms. The number of carbonyl (C=O) groups is 1. The minimum Gasteiger partial charge on any atom is -0.289 e. The second kappa shape index (κ2) is 7.37. The molecule has 0 heterocycles. The van der Waals surface area contributed by atoms with Gasteiger partial charge in [0.05, 0.1) is 0 Å². The first-order chi connectivity index (χ1) is 14.3. The lowest BCUT2D eigenvalue weighted by Crippen LogP contribution is -2.14. The molecule has 0 spiro atoms. The summed E-state index contributed by atoms with van der Waals surface area (Å²) in [6.45, 7) is 0. The van der Waals surface area contributed by atoms with Gasteiger partial charge in [-0.25, -0.2) is 0 Å². The number of fused-ring (bicyclic) bond motifs is 4. The van der Waals surface area contributed by atoms with Gasteiger partial charge in [0.25, 0.3) is 0 Å². The van der Waals surface area contributed by atoms with Gasteiger partial charge in [-0.15, -0.1) is 0 Å². The van der Waals surface area contributed by atoms with Gasteiger partial charge in [-0.2, -0.15) is 0 Å². The molecule has 138 valence electrons. The molecule has 0 saturated carbocycles. The van der Waals surface area contributed by atoms with Gasteiger partial charge in [0.1, 0.15) is 0 Å². The van der Waals surface area contributed by atoms with E-state index in [2.05, 4.69) is 60.7 Å². The lowest BCUT2D eigenvalue weighted by Gasteiger charge is -2.17. The SMILES string of the molecule is O=C1c2ccccc2Cc2ccccc21.c1ccc2cc3ccccc3cc2c1. The standard InChI is InChI=1S/C14H10O.C14H10/c15-14-12-7-3-1-5-10(12)9-11-6-2-4-8-13(11)14;1-2-6-12-10-14-8-4-3-7-13(14)9-11(12)5-1/h1-8H,9H2;1-10H. The van der Waals surface area contributed by atoms with Crippen LogP contribution < -0.4 is 0 Å². The van der Waals surface area contributed by atoms with E-state index in [1.807, 2.05) is 48.5 Å². The van der Waals surface area contributed by atoms with Gasteiger partial charge in [-0.3, -0.25) is 4.79 Å². The Morgan fingerprint density at radius 3 is 1.21 bits per heavy atom. The van der Waals surface area contributed by atoms with Crippen molar-refractivity contribution in [2.45, 2.75) is 6.42 Å². The summed E-state index contributed by atoms with van der Waals surface area (Å²) in [5, 5.41) is 5.25. The molecule has 0 N–H and O–H groups in total. The number of carbonyl (C=O) groups excluding carboxylic acids is 1. The molecule has 0 bridgehead atoms. The predicted octanol–water partition coefficient (Wildman–Crippen LogP) is 6.81. The molecule has 0 aliphatic heterocycles. The van der Waals surface area contributed by atoms with E-state index in [9.17, 15) is 4.79 Å². The van der Waals surface area contributed by atoms with Crippen LogP contribution in [0.1, 0.15) is 27.0 Å². The molecule has 0 aromatic heterocycles. The highest BCUT2D eigenvalue weighted by Crippen LogP contribution is 2.26. The summed E-state index contributed by atoms with van der Waals surface area (Å²) in [5.74, 6) is 0.160. The van der Waals surface area contributed by atoms with Crippen LogP contribution in [0.2, 0.25) is 0 Å². The summed E-state index contributed by atoms with van der Waals surface area (Å²) < 4.78 is 0. The number of ketones is 1. The Bertz CT molecular complexity index is 1190. The molecule has 1 heteroatoms. The third-order valence-corrected chi connectivity index (χ3v) is 5.52. The topological polar surface area (TPSA) is 17.1 Å². The molecule has 0 amide bonds. The lowest BCUT2D eigenvalue weighted by atomic mass is 9.85. The average molecular weight is 372 g/mol. The summed E-state index contributed by atoms with van der Waals surface area (Å²) in [4.78, 5) is 12.1. The smallest absolute Gasteiger partial charge is 0.193 e. The maximum atomic E-state index is 12.1. The molecule has 1 nitrogen and oxygen atoms in total. The highest BCUT2D eigenvalue weighted by Gasteiger charge is 2.21. The minimum absolute atomic E-state index is 0.160. The normalized spacial score (nSPS) is 12.1. The summed E-state index contributed by atoms with van der Waals surface area (Å²) in [5.41, 5.74) is 4.00. The zero-order valence-electron chi connectivity index (χ0n) is 16.0. The van der Waals surface area contributed by atoms with Gasteiger partial charge in [0, 0.05) is 11.1 Å². The van der Waals surface area contributed by atoms with E-state index in [0.29, 0.717) is 0 Å². The highest BCUT2D eigenvalue weighted by molar-refractivity contribution is 6.12. The van der Waals surface area contributed by atoms with Gasteiger partial charge in [-0.05, 0) is 51.2 Å². The van der Waals surface area contributed by atoms with Crippen molar-refractivity contribution in [3.8, 4) is 0 Å². The van der Waals surface area contributed by atoms with Crippen LogP contribution in [0.15, 0.2) is 109 Å². The molecule has 0 radical (unpaired) electrons. The van der Waals surface area contributed by atoms with Crippen molar-refractivity contribution < 1.29 is 4.79 Å². The van der Waals surface area contributed by atoms with E-state index >= 15 is 0 Å². The molecule has 0 fully saturated rings. The second-order valence-electron chi connectivity index (χ2n) is 7.37. The molecular weight excluding hydrogens is 352 g/mol. The summed E-state index contributed by atoms with van der Waals surface area (Å²) in [6, 6.07) is 37.1. The lowest BCUT2D eigenvalue weighted by molar-refractivity contribution is 0.103. The fraction of sp³-hybridized carbons (Fsp3) is 0.0357. The highest BCUT2D eigenvalue weighted by atomic mass is 16.1. The molecular formula is C28H20O. The maximum Gasteiger partial charge on any atom is 0.193 e. The fourth-order valence-corrected chi connectivity index (χ4v) is 4.02. The monoisotopic (exact) mass is 372 g/mol. The van der Waals surface area contributed by atoms with Gasteiger partial charge >= 0.3 is 0 Å². The molecule has 0 unspecified atom stereocenters. The Balaban J connectivity index is 0.000000125. The van der Waals surface area contributed by atoms with E-state index in [-0.39, 0.29) is 5.78 Å². The van der Waals surface area contributed by atoms with Crippen molar-refractivity contribution in [1.82, 2.24) is 0 Å². The quantitative estimate of drug-likeness (QED) is 0.268. The Labute approximate surface area is 170 Å². The molecule has 6 rings (SSSR count). The number of rotatable bonds is 0. The van der Waals surface area contributed by atoms with E-state index in [4.69, 9.17) is 0 Å². The van der Waals surface area contributed by atoms with Gasteiger partial charge in [-0.1, -0.05) is 97.1 Å². The molecule has 1 aliphatic carbocycles. The first kappa shape index (κ1) is 17.4. The van der Waals surface area contributed by atoms with Crippen LogP contribution in [-0.4, -0.2) is 5.78 Å². The van der Waals surface area contributed by atoms with Crippen molar-refractivity contribution >= 4 is 27.3 Å². The fourth-order valence-electron chi connectivity index (χ4n) is 4.02. The van der Waals surface area contributed by atoms with Crippen molar-refractivity contribution in [2.24, 2.45) is 0 Å². The van der Waals surface area contributed by atoms with E-state index in [1.165, 1.54) is 21.5 Å². The van der Waals surface area contributed by atoms with E-state index in [0.717, 1.165) is 28.7 Å². The largest absolute Gasteiger partial charge is 0.289 e.